The van der Waals surface area contributed by atoms with Crippen LogP contribution < -0.4 is 4.74 Å². The Balaban J connectivity index is 1.45. The van der Waals surface area contributed by atoms with Gasteiger partial charge in [0.1, 0.15) is 11.6 Å². The zero-order valence-electron chi connectivity index (χ0n) is 19.3. The molecule has 1 N–H and O–H groups in total. The second-order valence-corrected chi connectivity index (χ2v) is 9.12. The number of aliphatic hydroxyl groups excluding tert-OH is 1. The average Bonchev–Trinajstić information content (AvgIpc) is 3.26. The van der Waals surface area contributed by atoms with Gasteiger partial charge in [-0.1, -0.05) is 18.2 Å². The summed E-state index contributed by atoms with van der Waals surface area (Å²) in [6.45, 7) is 1.93. The van der Waals surface area contributed by atoms with E-state index in [4.69, 9.17) is 4.74 Å². The fraction of sp³-hybridized carbons (Fsp3) is 0.333. The van der Waals surface area contributed by atoms with Crippen molar-refractivity contribution in [2.45, 2.75) is 50.8 Å². The molecule has 2 aromatic carbocycles. The third-order valence-corrected chi connectivity index (χ3v) is 6.81. The molecular weight excluding hydrogens is 433 g/mol. The van der Waals surface area contributed by atoms with Gasteiger partial charge in [0.15, 0.2) is 0 Å². The van der Waals surface area contributed by atoms with E-state index in [0.717, 1.165) is 34.5 Å². The van der Waals surface area contributed by atoms with E-state index < -0.39 is 6.10 Å². The Hall–Kier alpha value is -3.45. The smallest absolute Gasteiger partial charge is 0.250 e. The van der Waals surface area contributed by atoms with E-state index in [-0.39, 0.29) is 23.8 Å². The summed E-state index contributed by atoms with van der Waals surface area (Å²) in [5.74, 6) is 0.356. The highest BCUT2D eigenvalue weighted by atomic mass is 19.1. The minimum absolute atomic E-state index is 0.0225. The maximum Gasteiger partial charge on any atom is 0.250 e. The first kappa shape index (κ1) is 22.3. The van der Waals surface area contributed by atoms with E-state index in [1.54, 1.807) is 25.6 Å². The van der Waals surface area contributed by atoms with Crippen molar-refractivity contribution < 1.29 is 19.0 Å². The predicted octanol–water partition coefficient (Wildman–Crippen LogP) is 4.60. The summed E-state index contributed by atoms with van der Waals surface area (Å²) in [5.41, 5.74) is 4.25. The van der Waals surface area contributed by atoms with Crippen molar-refractivity contribution >= 4 is 12.0 Å². The zero-order valence-corrected chi connectivity index (χ0v) is 19.3. The quantitative estimate of drug-likeness (QED) is 0.577. The second-order valence-electron chi connectivity index (χ2n) is 9.12. The molecule has 3 aromatic rings. The first-order chi connectivity index (χ1) is 16.4. The SMILES string of the molecule is COc1cc(/C=C2\CC[C@H]3C[C@@H](O)C[C@H](c4ccc(F)cc4)N3C2=O)ccc1-n1cnc(C)c1. The molecule has 0 unspecified atom stereocenters. The van der Waals surface area contributed by atoms with Crippen LogP contribution in [0.4, 0.5) is 4.39 Å². The molecule has 7 heteroatoms. The lowest BCUT2D eigenvalue weighted by molar-refractivity contribution is -0.139. The number of benzene rings is 2. The summed E-state index contributed by atoms with van der Waals surface area (Å²) in [6.07, 6.45) is 7.59. The first-order valence-electron chi connectivity index (χ1n) is 11.6. The number of fused-ring (bicyclic) bond motifs is 1. The lowest BCUT2D eigenvalue weighted by atomic mass is 9.82. The molecule has 0 aliphatic carbocycles. The summed E-state index contributed by atoms with van der Waals surface area (Å²) in [4.78, 5) is 19.8. The number of ether oxygens (including phenoxy) is 1. The highest BCUT2D eigenvalue weighted by Gasteiger charge is 2.42. The molecule has 3 heterocycles. The van der Waals surface area contributed by atoms with E-state index in [1.807, 2.05) is 46.9 Å². The standard InChI is InChI=1S/C27H28FN3O3/c1-17-15-30(16-29-17)24-10-3-18(12-26(24)34-2)11-20-6-9-22-13-23(32)14-25(31(22)27(20)33)19-4-7-21(28)8-5-19/h3-5,7-8,10-12,15-16,22-23,25,32H,6,9,13-14H2,1-2H3/b20-11+/t22-,23+,25+/m0/s1. The minimum Gasteiger partial charge on any atom is -0.495 e. The van der Waals surface area contributed by atoms with Gasteiger partial charge in [0, 0.05) is 17.8 Å². The van der Waals surface area contributed by atoms with Crippen LogP contribution in [0.25, 0.3) is 11.8 Å². The van der Waals surface area contributed by atoms with Gasteiger partial charge in [-0.2, -0.15) is 0 Å². The lowest BCUT2D eigenvalue weighted by Gasteiger charge is -2.47. The van der Waals surface area contributed by atoms with E-state index in [0.29, 0.717) is 25.0 Å². The van der Waals surface area contributed by atoms with E-state index in [2.05, 4.69) is 4.98 Å². The van der Waals surface area contributed by atoms with Crippen molar-refractivity contribution in [2.75, 3.05) is 7.11 Å². The molecular formula is C27H28FN3O3. The van der Waals surface area contributed by atoms with E-state index in [9.17, 15) is 14.3 Å². The minimum atomic E-state index is -0.474. The summed E-state index contributed by atoms with van der Waals surface area (Å²) in [6, 6.07) is 11.8. The van der Waals surface area contributed by atoms with Crippen LogP contribution in [0.2, 0.25) is 0 Å². The number of amides is 1. The molecule has 1 aromatic heterocycles. The highest BCUT2D eigenvalue weighted by Crippen LogP contribution is 2.41. The molecule has 176 valence electrons. The van der Waals surface area contributed by atoms with Gasteiger partial charge in [-0.05, 0) is 74.1 Å². The number of hydrogen-bond acceptors (Lipinski definition) is 4. The van der Waals surface area contributed by atoms with Crippen LogP contribution in [0.1, 0.15) is 48.5 Å². The van der Waals surface area contributed by atoms with Crippen molar-refractivity contribution in [3.05, 3.63) is 83.2 Å². The number of imidazole rings is 1. The Morgan fingerprint density at radius 3 is 2.68 bits per heavy atom. The molecule has 6 nitrogen and oxygen atoms in total. The van der Waals surface area contributed by atoms with Gasteiger partial charge in [-0.25, -0.2) is 9.37 Å². The molecule has 0 spiro atoms. The Bertz CT molecular complexity index is 1230. The largest absolute Gasteiger partial charge is 0.495 e. The number of aryl methyl sites for hydroxylation is 1. The monoisotopic (exact) mass is 461 g/mol. The maximum atomic E-state index is 13.6. The van der Waals surface area contributed by atoms with Gasteiger partial charge >= 0.3 is 0 Å². The van der Waals surface area contributed by atoms with E-state index >= 15 is 0 Å². The maximum absolute atomic E-state index is 13.6. The van der Waals surface area contributed by atoms with Crippen LogP contribution in [-0.4, -0.2) is 44.7 Å². The van der Waals surface area contributed by atoms with Crippen molar-refractivity contribution in [3.8, 4) is 11.4 Å². The normalized spacial score (nSPS) is 23.8. The van der Waals surface area contributed by atoms with Gasteiger partial charge in [-0.15, -0.1) is 0 Å². The van der Waals surface area contributed by atoms with Gasteiger partial charge in [0.05, 0.1) is 37.0 Å². The zero-order chi connectivity index (χ0) is 23.8. The number of nitrogens with zero attached hydrogens (tertiary/aromatic N) is 3. The predicted molar refractivity (Wildman–Crippen MR) is 127 cm³/mol. The number of piperidine rings is 2. The van der Waals surface area contributed by atoms with Gasteiger partial charge in [0.25, 0.3) is 5.91 Å². The van der Waals surface area contributed by atoms with Gasteiger partial charge in [0.2, 0.25) is 0 Å². The number of carbonyl (C=O) groups excluding carboxylic acids is 1. The Labute approximate surface area is 198 Å². The van der Waals surface area contributed by atoms with Crippen LogP contribution in [0.5, 0.6) is 5.75 Å². The molecule has 2 aliphatic rings. The van der Waals surface area contributed by atoms with Gasteiger partial charge < -0.3 is 19.3 Å². The lowest BCUT2D eigenvalue weighted by Crippen LogP contribution is -2.52. The topological polar surface area (TPSA) is 67.6 Å². The Morgan fingerprint density at radius 1 is 1.18 bits per heavy atom. The van der Waals surface area contributed by atoms with Crippen molar-refractivity contribution in [1.82, 2.24) is 14.5 Å². The van der Waals surface area contributed by atoms with Crippen molar-refractivity contribution in [2.24, 2.45) is 0 Å². The van der Waals surface area contributed by atoms with Crippen molar-refractivity contribution in [3.63, 3.8) is 0 Å². The number of aromatic nitrogens is 2. The van der Waals surface area contributed by atoms with Crippen LogP contribution >= 0.6 is 0 Å². The number of carbonyl (C=O) groups is 1. The molecule has 2 aliphatic heterocycles. The fourth-order valence-electron chi connectivity index (χ4n) is 5.18. The number of aliphatic hydroxyl groups is 1. The van der Waals surface area contributed by atoms with Crippen LogP contribution in [0, 0.1) is 12.7 Å². The summed E-state index contributed by atoms with van der Waals surface area (Å²) < 4.78 is 21.0. The molecule has 2 fully saturated rings. The summed E-state index contributed by atoms with van der Waals surface area (Å²) in [5, 5.41) is 10.5. The third-order valence-electron chi connectivity index (χ3n) is 6.81. The fourth-order valence-corrected chi connectivity index (χ4v) is 5.18. The van der Waals surface area contributed by atoms with E-state index in [1.165, 1.54) is 12.1 Å². The number of hydrogen-bond donors (Lipinski definition) is 1. The van der Waals surface area contributed by atoms with Crippen LogP contribution in [0.15, 0.2) is 60.6 Å². The van der Waals surface area contributed by atoms with Gasteiger partial charge in [-0.3, -0.25) is 4.79 Å². The molecule has 0 saturated carbocycles. The molecule has 34 heavy (non-hydrogen) atoms. The molecule has 2 saturated heterocycles. The molecule has 0 bridgehead atoms. The van der Waals surface area contributed by atoms with Crippen LogP contribution in [-0.2, 0) is 4.79 Å². The van der Waals surface area contributed by atoms with Crippen LogP contribution in [0.3, 0.4) is 0 Å². The van der Waals surface area contributed by atoms with Crippen molar-refractivity contribution in [1.29, 1.82) is 0 Å². The average molecular weight is 462 g/mol. The summed E-state index contributed by atoms with van der Waals surface area (Å²) >= 11 is 0. The number of halogens is 1. The third kappa shape index (κ3) is 4.23. The highest BCUT2D eigenvalue weighted by molar-refractivity contribution is 5.99. The Kier molecular flexibility index (Phi) is 5.96. The summed E-state index contributed by atoms with van der Waals surface area (Å²) in [7, 11) is 1.63. The molecule has 3 atom stereocenters. The molecule has 1 amide bonds. The Morgan fingerprint density at radius 2 is 1.97 bits per heavy atom. The number of rotatable bonds is 4. The first-order valence-corrected chi connectivity index (χ1v) is 11.6. The molecule has 0 radical (unpaired) electrons. The number of methoxy groups -OCH3 is 1. The second kappa shape index (κ2) is 9.06. The molecule has 5 rings (SSSR count).